The van der Waals surface area contributed by atoms with Crippen LogP contribution in [0.5, 0.6) is 0 Å². The summed E-state index contributed by atoms with van der Waals surface area (Å²) in [5, 5.41) is 2.59. The predicted octanol–water partition coefficient (Wildman–Crippen LogP) is 6.23. The first-order valence-electron chi connectivity index (χ1n) is 6.84. The second kappa shape index (κ2) is 8.52. The van der Waals surface area contributed by atoms with Crippen LogP contribution in [-0.2, 0) is 0 Å². The Kier molecular flexibility index (Phi) is 7.78. The fourth-order valence-corrected chi connectivity index (χ4v) is 1.95. The van der Waals surface area contributed by atoms with E-state index in [0.717, 1.165) is 5.57 Å². The molecule has 2 aromatic carbocycles. The van der Waals surface area contributed by atoms with Crippen molar-refractivity contribution in [1.82, 2.24) is 0 Å². The quantitative estimate of drug-likeness (QED) is 0.555. The van der Waals surface area contributed by atoms with Gasteiger partial charge >= 0.3 is 0 Å². The lowest BCUT2D eigenvalue weighted by atomic mass is 9.95. The van der Waals surface area contributed by atoms with Crippen LogP contribution in [0.25, 0.3) is 16.3 Å². The highest BCUT2D eigenvalue weighted by Gasteiger charge is 2.03. The number of fused-ring (bicyclic) bond motifs is 1. The van der Waals surface area contributed by atoms with Gasteiger partial charge in [-0.25, -0.2) is 0 Å². The van der Waals surface area contributed by atoms with Crippen LogP contribution >= 0.6 is 0 Å². The van der Waals surface area contributed by atoms with Gasteiger partial charge in [-0.3, -0.25) is 0 Å². The first kappa shape index (κ1) is 16.4. The van der Waals surface area contributed by atoms with E-state index in [1.807, 2.05) is 27.7 Å². The average Bonchev–Trinajstić information content (AvgIpc) is 2.42. The molecule has 0 radical (unpaired) electrons. The number of aryl methyl sites for hydroxylation is 1. The van der Waals surface area contributed by atoms with Crippen LogP contribution in [0.3, 0.4) is 0 Å². The fraction of sp³-hybridized carbons (Fsp3) is 0.333. The van der Waals surface area contributed by atoms with E-state index >= 15 is 0 Å². The summed E-state index contributed by atoms with van der Waals surface area (Å²) in [7, 11) is 0. The summed E-state index contributed by atoms with van der Waals surface area (Å²) in [6, 6.07) is 12.8. The van der Waals surface area contributed by atoms with Gasteiger partial charge in [0.25, 0.3) is 0 Å². The maximum atomic E-state index is 4.04. The van der Waals surface area contributed by atoms with E-state index < -0.39 is 0 Å². The largest absolute Gasteiger partial charge is 0.0955 e. The zero-order valence-corrected chi connectivity index (χ0v) is 12.7. The maximum absolute atomic E-state index is 4.04. The first-order valence-corrected chi connectivity index (χ1v) is 6.84. The monoisotopic (exact) mass is 242 g/mol. The molecule has 0 aliphatic heterocycles. The Bertz CT molecular complexity index is 492. The van der Waals surface area contributed by atoms with Crippen molar-refractivity contribution in [3.63, 3.8) is 0 Å². The standard InChI is InChI=1S/C14H14.2C2H6/c1-10(2)14-11(3)8-9-12-6-4-5-7-13(12)14;2*1-2/h4-9H,1H2,2-3H3;2*1-2H3. The minimum atomic E-state index is 1.14. The lowest BCUT2D eigenvalue weighted by molar-refractivity contribution is 1.45. The van der Waals surface area contributed by atoms with Crippen LogP contribution in [0.15, 0.2) is 43.0 Å². The minimum absolute atomic E-state index is 1.14. The van der Waals surface area contributed by atoms with Crippen molar-refractivity contribution in [1.29, 1.82) is 0 Å². The van der Waals surface area contributed by atoms with Gasteiger partial charge in [0.15, 0.2) is 0 Å². The van der Waals surface area contributed by atoms with E-state index in [4.69, 9.17) is 0 Å². The van der Waals surface area contributed by atoms with Crippen LogP contribution in [0.1, 0.15) is 45.7 Å². The van der Waals surface area contributed by atoms with Gasteiger partial charge in [-0.1, -0.05) is 76.2 Å². The summed E-state index contributed by atoms with van der Waals surface area (Å²) in [4.78, 5) is 0. The lowest BCUT2D eigenvalue weighted by Gasteiger charge is -2.09. The van der Waals surface area contributed by atoms with Crippen molar-refractivity contribution in [2.24, 2.45) is 0 Å². The third kappa shape index (κ3) is 3.73. The Labute approximate surface area is 112 Å². The molecule has 0 nitrogen and oxygen atoms in total. The summed E-state index contributed by atoms with van der Waals surface area (Å²) in [6.07, 6.45) is 0. The van der Waals surface area contributed by atoms with Crippen LogP contribution in [0.4, 0.5) is 0 Å². The van der Waals surface area contributed by atoms with E-state index in [2.05, 4.69) is 56.8 Å². The van der Waals surface area contributed by atoms with Gasteiger partial charge in [-0.15, -0.1) is 0 Å². The highest BCUT2D eigenvalue weighted by molar-refractivity contribution is 5.94. The van der Waals surface area contributed by atoms with Gasteiger partial charge in [0.2, 0.25) is 0 Å². The number of benzene rings is 2. The molecule has 0 N–H and O–H groups in total. The van der Waals surface area contributed by atoms with E-state index in [9.17, 15) is 0 Å². The third-order valence-corrected chi connectivity index (χ3v) is 2.56. The molecule has 18 heavy (non-hydrogen) atoms. The Hall–Kier alpha value is -1.56. The highest BCUT2D eigenvalue weighted by Crippen LogP contribution is 2.26. The van der Waals surface area contributed by atoms with Crippen molar-refractivity contribution in [3.05, 3.63) is 54.1 Å². The van der Waals surface area contributed by atoms with Gasteiger partial charge in [0, 0.05) is 0 Å². The number of hydrogen-bond acceptors (Lipinski definition) is 0. The zero-order valence-electron chi connectivity index (χ0n) is 12.7. The van der Waals surface area contributed by atoms with Gasteiger partial charge in [0.1, 0.15) is 0 Å². The molecule has 0 spiro atoms. The number of hydrogen-bond donors (Lipinski definition) is 0. The Morgan fingerprint density at radius 1 is 0.889 bits per heavy atom. The van der Waals surface area contributed by atoms with Crippen LogP contribution in [-0.4, -0.2) is 0 Å². The van der Waals surface area contributed by atoms with E-state index in [1.165, 1.54) is 21.9 Å². The van der Waals surface area contributed by atoms with Crippen molar-refractivity contribution >= 4 is 16.3 Å². The zero-order chi connectivity index (χ0) is 14.1. The second-order valence-electron chi connectivity index (χ2n) is 3.76. The van der Waals surface area contributed by atoms with Crippen molar-refractivity contribution in [2.75, 3.05) is 0 Å². The van der Waals surface area contributed by atoms with E-state index in [1.54, 1.807) is 0 Å². The second-order valence-corrected chi connectivity index (χ2v) is 3.76. The summed E-state index contributed by atoms with van der Waals surface area (Å²) in [6.45, 7) is 16.2. The van der Waals surface area contributed by atoms with E-state index in [-0.39, 0.29) is 0 Å². The Morgan fingerprint density at radius 2 is 1.44 bits per heavy atom. The molecule has 0 aliphatic carbocycles. The van der Waals surface area contributed by atoms with Gasteiger partial charge in [-0.2, -0.15) is 0 Å². The SMILES string of the molecule is C=C(C)c1c(C)ccc2ccccc12.CC.CC. The average molecular weight is 242 g/mol. The van der Waals surface area contributed by atoms with Gasteiger partial charge in [0.05, 0.1) is 0 Å². The molecule has 0 saturated carbocycles. The van der Waals surface area contributed by atoms with Crippen molar-refractivity contribution < 1.29 is 0 Å². The summed E-state index contributed by atoms with van der Waals surface area (Å²) in [5.41, 5.74) is 3.73. The normalized spacial score (nSPS) is 8.78. The minimum Gasteiger partial charge on any atom is -0.0955 e. The molecule has 0 saturated heterocycles. The first-order chi connectivity index (χ1) is 8.70. The van der Waals surface area contributed by atoms with E-state index in [0.29, 0.717) is 0 Å². The molecular formula is C18H26. The third-order valence-electron chi connectivity index (χ3n) is 2.56. The molecule has 0 heterocycles. The van der Waals surface area contributed by atoms with Gasteiger partial charge in [-0.05, 0) is 35.7 Å². The molecule has 98 valence electrons. The lowest BCUT2D eigenvalue weighted by Crippen LogP contribution is -1.87. The molecule has 0 amide bonds. The molecular weight excluding hydrogens is 216 g/mol. The molecule has 2 aromatic rings. The number of allylic oxidation sites excluding steroid dienone is 1. The van der Waals surface area contributed by atoms with Gasteiger partial charge < -0.3 is 0 Å². The van der Waals surface area contributed by atoms with Crippen molar-refractivity contribution in [3.8, 4) is 0 Å². The predicted molar refractivity (Wildman–Crippen MR) is 86.1 cm³/mol. The molecule has 2 rings (SSSR count). The van der Waals surface area contributed by atoms with Crippen LogP contribution < -0.4 is 0 Å². The molecule has 0 heteroatoms. The highest BCUT2D eigenvalue weighted by atomic mass is 14.1. The summed E-state index contributed by atoms with van der Waals surface area (Å²) in [5.74, 6) is 0. The summed E-state index contributed by atoms with van der Waals surface area (Å²) < 4.78 is 0. The number of rotatable bonds is 1. The Balaban J connectivity index is 0.000000659. The van der Waals surface area contributed by atoms with Crippen LogP contribution in [0.2, 0.25) is 0 Å². The molecule has 0 atom stereocenters. The summed E-state index contributed by atoms with van der Waals surface area (Å²) >= 11 is 0. The molecule has 0 aliphatic rings. The van der Waals surface area contributed by atoms with Crippen molar-refractivity contribution in [2.45, 2.75) is 41.5 Å². The Morgan fingerprint density at radius 3 is 2.00 bits per heavy atom. The molecule has 0 unspecified atom stereocenters. The topological polar surface area (TPSA) is 0 Å². The molecule has 0 fully saturated rings. The maximum Gasteiger partial charge on any atom is -0.0106 e. The molecule has 0 bridgehead atoms. The smallest absolute Gasteiger partial charge is 0.0106 e. The van der Waals surface area contributed by atoms with Crippen LogP contribution in [0, 0.1) is 6.92 Å². The molecule has 0 aromatic heterocycles. The fourth-order valence-electron chi connectivity index (χ4n) is 1.95.